The van der Waals surface area contributed by atoms with Gasteiger partial charge in [-0.25, -0.2) is 8.42 Å². The second-order valence-electron chi connectivity index (χ2n) is 4.61. The fourth-order valence-corrected chi connectivity index (χ4v) is 2.46. The van der Waals surface area contributed by atoms with Gasteiger partial charge in [0.1, 0.15) is 0 Å². The number of aromatic nitrogens is 1. The summed E-state index contributed by atoms with van der Waals surface area (Å²) < 4.78 is 25.2. The van der Waals surface area contributed by atoms with E-state index in [9.17, 15) is 8.42 Å². The Labute approximate surface area is 104 Å². The SMILES string of the molecule is CCC(N)c1ccn(CCS(=O)(=O)C(C)C)c1. The summed E-state index contributed by atoms with van der Waals surface area (Å²) in [7, 11) is -2.97. The van der Waals surface area contributed by atoms with Crippen molar-refractivity contribution in [2.75, 3.05) is 5.75 Å². The zero-order valence-electron chi connectivity index (χ0n) is 10.8. The van der Waals surface area contributed by atoms with Gasteiger partial charge < -0.3 is 10.3 Å². The van der Waals surface area contributed by atoms with E-state index in [2.05, 4.69) is 0 Å². The fourth-order valence-electron chi connectivity index (χ4n) is 1.52. The van der Waals surface area contributed by atoms with E-state index >= 15 is 0 Å². The van der Waals surface area contributed by atoms with Crippen molar-refractivity contribution in [3.63, 3.8) is 0 Å². The van der Waals surface area contributed by atoms with Crippen molar-refractivity contribution in [1.29, 1.82) is 0 Å². The van der Waals surface area contributed by atoms with Gasteiger partial charge in [0.2, 0.25) is 0 Å². The van der Waals surface area contributed by atoms with Gasteiger partial charge in [-0.1, -0.05) is 6.92 Å². The van der Waals surface area contributed by atoms with E-state index in [0.717, 1.165) is 12.0 Å². The van der Waals surface area contributed by atoms with Crippen molar-refractivity contribution < 1.29 is 8.42 Å². The minimum absolute atomic E-state index is 0.0398. The van der Waals surface area contributed by atoms with E-state index in [1.165, 1.54) is 0 Å². The van der Waals surface area contributed by atoms with Gasteiger partial charge in [0.05, 0.1) is 11.0 Å². The van der Waals surface area contributed by atoms with Gasteiger partial charge in [0.15, 0.2) is 9.84 Å². The second kappa shape index (κ2) is 5.69. The molecule has 1 heterocycles. The molecule has 17 heavy (non-hydrogen) atoms. The highest BCUT2D eigenvalue weighted by Gasteiger charge is 2.15. The van der Waals surface area contributed by atoms with Crippen molar-refractivity contribution in [3.05, 3.63) is 24.0 Å². The fraction of sp³-hybridized carbons (Fsp3) is 0.667. The Morgan fingerprint density at radius 3 is 2.59 bits per heavy atom. The molecular weight excluding hydrogens is 236 g/mol. The molecule has 1 atom stereocenters. The molecule has 0 radical (unpaired) electrons. The van der Waals surface area contributed by atoms with Gasteiger partial charge in [-0.15, -0.1) is 0 Å². The molecule has 0 fully saturated rings. The lowest BCUT2D eigenvalue weighted by molar-refractivity contribution is 0.580. The Balaban J connectivity index is 2.62. The molecule has 2 N–H and O–H groups in total. The number of hydrogen-bond acceptors (Lipinski definition) is 3. The van der Waals surface area contributed by atoms with Crippen molar-refractivity contribution in [2.24, 2.45) is 5.73 Å². The minimum atomic E-state index is -2.97. The van der Waals surface area contributed by atoms with Crippen LogP contribution in [0, 0.1) is 0 Å². The number of hydrogen-bond donors (Lipinski definition) is 1. The number of sulfone groups is 1. The second-order valence-corrected chi connectivity index (χ2v) is 7.29. The first kappa shape index (κ1) is 14.3. The smallest absolute Gasteiger partial charge is 0.154 e. The minimum Gasteiger partial charge on any atom is -0.353 e. The van der Waals surface area contributed by atoms with Crippen LogP contribution < -0.4 is 5.73 Å². The zero-order chi connectivity index (χ0) is 13.1. The van der Waals surface area contributed by atoms with Crippen LogP contribution in [0.5, 0.6) is 0 Å². The van der Waals surface area contributed by atoms with Gasteiger partial charge >= 0.3 is 0 Å². The molecule has 98 valence electrons. The Kier molecular flexibility index (Phi) is 4.77. The Hall–Kier alpha value is -0.810. The van der Waals surface area contributed by atoms with Gasteiger partial charge in [-0.3, -0.25) is 0 Å². The summed E-state index contributed by atoms with van der Waals surface area (Å²) in [6, 6.07) is 1.99. The quantitative estimate of drug-likeness (QED) is 0.845. The molecule has 0 aliphatic carbocycles. The molecule has 0 spiro atoms. The predicted octanol–water partition coefficient (Wildman–Crippen LogP) is 1.72. The highest BCUT2D eigenvalue weighted by Crippen LogP contribution is 2.14. The van der Waals surface area contributed by atoms with Gasteiger partial charge in [-0.05, 0) is 31.9 Å². The molecule has 1 aromatic heterocycles. The highest BCUT2D eigenvalue weighted by atomic mass is 32.2. The van der Waals surface area contributed by atoms with Crippen molar-refractivity contribution in [3.8, 4) is 0 Å². The van der Waals surface area contributed by atoms with Gasteiger partial charge in [-0.2, -0.15) is 0 Å². The molecule has 1 unspecified atom stereocenters. The summed E-state index contributed by atoms with van der Waals surface area (Å²) in [4.78, 5) is 0. The first-order valence-electron chi connectivity index (χ1n) is 5.99. The van der Waals surface area contributed by atoms with Crippen LogP contribution in [0.25, 0.3) is 0 Å². The molecule has 0 aromatic carbocycles. The molecular formula is C12H22N2O2S. The molecule has 1 rings (SSSR count). The molecule has 0 bridgehead atoms. The number of aryl methyl sites for hydroxylation is 1. The average Bonchev–Trinajstić information content (AvgIpc) is 2.74. The molecule has 5 heteroatoms. The van der Waals surface area contributed by atoms with Crippen LogP contribution in [0.15, 0.2) is 18.5 Å². The molecule has 0 amide bonds. The van der Waals surface area contributed by atoms with Crippen LogP contribution in [-0.2, 0) is 16.4 Å². The molecule has 0 saturated heterocycles. The first-order chi connectivity index (χ1) is 7.86. The van der Waals surface area contributed by atoms with Crippen molar-refractivity contribution >= 4 is 9.84 Å². The largest absolute Gasteiger partial charge is 0.353 e. The Morgan fingerprint density at radius 2 is 2.06 bits per heavy atom. The zero-order valence-corrected chi connectivity index (χ0v) is 11.6. The lowest BCUT2D eigenvalue weighted by Crippen LogP contribution is -2.20. The van der Waals surface area contributed by atoms with E-state index in [0.29, 0.717) is 6.54 Å². The van der Waals surface area contributed by atoms with Crippen LogP contribution in [0.1, 0.15) is 38.8 Å². The summed E-state index contributed by atoms with van der Waals surface area (Å²) in [6.07, 6.45) is 4.71. The number of rotatable bonds is 6. The summed E-state index contributed by atoms with van der Waals surface area (Å²) in [5, 5.41) is -0.310. The van der Waals surface area contributed by atoms with Gasteiger partial charge in [0.25, 0.3) is 0 Å². The third-order valence-corrected chi connectivity index (χ3v) is 5.18. The maximum atomic E-state index is 11.7. The summed E-state index contributed by atoms with van der Waals surface area (Å²) in [5.74, 6) is 0.181. The predicted molar refractivity (Wildman–Crippen MR) is 70.6 cm³/mol. The Bertz CT molecular complexity index is 449. The summed E-state index contributed by atoms with van der Waals surface area (Å²) in [5.41, 5.74) is 6.97. The van der Waals surface area contributed by atoms with Crippen LogP contribution in [0.2, 0.25) is 0 Å². The van der Waals surface area contributed by atoms with Gasteiger partial charge in [0, 0.05) is 25.0 Å². The standard InChI is InChI=1S/C12H22N2O2S/c1-4-12(13)11-5-6-14(9-11)7-8-17(15,16)10(2)3/h5-6,9-10,12H,4,7-8,13H2,1-3H3. The van der Waals surface area contributed by atoms with E-state index < -0.39 is 9.84 Å². The van der Waals surface area contributed by atoms with Crippen LogP contribution in [-0.4, -0.2) is 24.0 Å². The normalized spacial score (nSPS) is 14.2. The molecule has 0 aliphatic rings. The average molecular weight is 258 g/mol. The summed E-state index contributed by atoms with van der Waals surface area (Å²) in [6.45, 7) is 5.95. The molecule has 0 aliphatic heterocycles. The third kappa shape index (κ3) is 3.85. The molecule has 4 nitrogen and oxygen atoms in total. The van der Waals surface area contributed by atoms with E-state index in [1.807, 2.05) is 30.0 Å². The maximum absolute atomic E-state index is 11.7. The molecule has 0 saturated carbocycles. The van der Waals surface area contributed by atoms with Crippen LogP contribution in [0.3, 0.4) is 0 Å². The third-order valence-electron chi connectivity index (χ3n) is 2.99. The monoisotopic (exact) mass is 258 g/mol. The van der Waals surface area contributed by atoms with E-state index in [1.54, 1.807) is 13.8 Å². The van der Waals surface area contributed by atoms with E-state index in [-0.39, 0.29) is 17.0 Å². The Morgan fingerprint density at radius 1 is 1.41 bits per heavy atom. The first-order valence-corrected chi connectivity index (χ1v) is 7.71. The number of nitrogens with two attached hydrogens (primary N) is 1. The highest BCUT2D eigenvalue weighted by molar-refractivity contribution is 7.91. The maximum Gasteiger partial charge on any atom is 0.154 e. The lowest BCUT2D eigenvalue weighted by Gasteiger charge is -2.08. The van der Waals surface area contributed by atoms with Crippen molar-refractivity contribution in [2.45, 2.75) is 45.0 Å². The number of nitrogens with zero attached hydrogens (tertiary/aromatic N) is 1. The van der Waals surface area contributed by atoms with Crippen LogP contribution >= 0.6 is 0 Å². The van der Waals surface area contributed by atoms with E-state index in [4.69, 9.17) is 5.73 Å². The van der Waals surface area contributed by atoms with Crippen LogP contribution in [0.4, 0.5) is 0 Å². The lowest BCUT2D eigenvalue weighted by atomic mass is 10.1. The van der Waals surface area contributed by atoms with Crippen molar-refractivity contribution in [1.82, 2.24) is 4.57 Å². The topological polar surface area (TPSA) is 65.1 Å². The molecule has 1 aromatic rings. The summed E-state index contributed by atoms with van der Waals surface area (Å²) >= 11 is 0.